The molecular formula is C19H19N3O2. The largest absolute Gasteiger partial charge is 0.352 e. The summed E-state index contributed by atoms with van der Waals surface area (Å²) in [6.07, 6.45) is 0.752. The number of benzene rings is 2. The standard InChI is InChI=1S/C19H19N3O2/c1-14-7-9-15(10-8-14)13-20-17(23)11-12-18-21-19(22-24-18)16-5-3-2-4-6-16/h2-10H,11-13H2,1H3,(H,20,23). The van der Waals surface area contributed by atoms with Crippen molar-refractivity contribution in [3.05, 3.63) is 71.6 Å². The van der Waals surface area contributed by atoms with Crippen molar-refractivity contribution in [3.8, 4) is 11.4 Å². The van der Waals surface area contributed by atoms with Crippen LogP contribution in [0.5, 0.6) is 0 Å². The van der Waals surface area contributed by atoms with Crippen LogP contribution < -0.4 is 5.32 Å². The lowest BCUT2D eigenvalue weighted by Crippen LogP contribution is -2.23. The van der Waals surface area contributed by atoms with Crippen molar-refractivity contribution in [2.75, 3.05) is 0 Å². The summed E-state index contributed by atoms with van der Waals surface area (Å²) >= 11 is 0. The van der Waals surface area contributed by atoms with Crippen molar-refractivity contribution < 1.29 is 9.32 Å². The quantitative estimate of drug-likeness (QED) is 0.756. The molecule has 0 aliphatic heterocycles. The predicted molar refractivity (Wildman–Crippen MR) is 91.1 cm³/mol. The molecular weight excluding hydrogens is 302 g/mol. The van der Waals surface area contributed by atoms with Crippen molar-refractivity contribution in [2.24, 2.45) is 0 Å². The maximum Gasteiger partial charge on any atom is 0.227 e. The van der Waals surface area contributed by atoms with Gasteiger partial charge < -0.3 is 9.84 Å². The summed E-state index contributed by atoms with van der Waals surface area (Å²) in [6.45, 7) is 2.56. The van der Waals surface area contributed by atoms with Crippen LogP contribution >= 0.6 is 0 Å². The van der Waals surface area contributed by atoms with E-state index in [9.17, 15) is 4.79 Å². The number of carbonyl (C=O) groups excluding carboxylic acids is 1. The van der Waals surface area contributed by atoms with E-state index in [4.69, 9.17) is 4.52 Å². The molecule has 0 aliphatic carbocycles. The van der Waals surface area contributed by atoms with Crippen molar-refractivity contribution >= 4 is 5.91 Å². The minimum absolute atomic E-state index is 0.0324. The Labute approximate surface area is 140 Å². The molecule has 0 saturated carbocycles. The van der Waals surface area contributed by atoms with E-state index in [0.29, 0.717) is 31.1 Å². The molecule has 0 spiro atoms. The van der Waals surface area contributed by atoms with Crippen LogP contribution in [0.1, 0.15) is 23.4 Å². The van der Waals surface area contributed by atoms with Crippen molar-refractivity contribution in [3.63, 3.8) is 0 Å². The van der Waals surface area contributed by atoms with E-state index in [1.165, 1.54) is 5.56 Å². The minimum atomic E-state index is -0.0324. The fourth-order valence-corrected chi connectivity index (χ4v) is 2.28. The summed E-state index contributed by atoms with van der Waals surface area (Å²) < 4.78 is 5.20. The fraction of sp³-hybridized carbons (Fsp3) is 0.211. The van der Waals surface area contributed by atoms with Gasteiger partial charge in [0.25, 0.3) is 0 Å². The first-order chi connectivity index (χ1) is 11.7. The van der Waals surface area contributed by atoms with Gasteiger partial charge in [-0.1, -0.05) is 65.3 Å². The minimum Gasteiger partial charge on any atom is -0.352 e. The average molecular weight is 321 g/mol. The second-order valence-corrected chi connectivity index (χ2v) is 5.64. The third kappa shape index (κ3) is 4.29. The molecule has 5 heteroatoms. The van der Waals surface area contributed by atoms with Gasteiger partial charge in [-0.3, -0.25) is 4.79 Å². The Hall–Kier alpha value is -2.95. The highest BCUT2D eigenvalue weighted by molar-refractivity contribution is 5.76. The highest BCUT2D eigenvalue weighted by atomic mass is 16.5. The Morgan fingerprint density at radius 3 is 2.58 bits per heavy atom. The van der Waals surface area contributed by atoms with E-state index in [1.54, 1.807) is 0 Å². The van der Waals surface area contributed by atoms with Crippen LogP contribution in [0.3, 0.4) is 0 Å². The summed E-state index contributed by atoms with van der Waals surface area (Å²) in [6, 6.07) is 17.7. The first-order valence-corrected chi connectivity index (χ1v) is 7.91. The molecule has 0 atom stereocenters. The number of aromatic nitrogens is 2. The van der Waals surface area contributed by atoms with Gasteiger partial charge in [-0.2, -0.15) is 4.98 Å². The zero-order valence-corrected chi connectivity index (χ0v) is 13.5. The van der Waals surface area contributed by atoms with Gasteiger partial charge in [-0.05, 0) is 12.5 Å². The van der Waals surface area contributed by atoms with Crippen LogP contribution in [0.25, 0.3) is 11.4 Å². The predicted octanol–water partition coefficient (Wildman–Crippen LogP) is 3.29. The second kappa shape index (κ2) is 7.55. The topological polar surface area (TPSA) is 68.0 Å². The van der Waals surface area contributed by atoms with Gasteiger partial charge >= 0.3 is 0 Å². The Morgan fingerprint density at radius 2 is 1.83 bits per heavy atom. The lowest BCUT2D eigenvalue weighted by molar-refractivity contribution is -0.121. The monoisotopic (exact) mass is 321 g/mol. The Balaban J connectivity index is 1.48. The highest BCUT2D eigenvalue weighted by Gasteiger charge is 2.10. The molecule has 5 nitrogen and oxygen atoms in total. The van der Waals surface area contributed by atoms with Crippen LogP contribution in [0.2, 0.25) is 0 Å². The number of hydrogen-bond donors (Lipinski definition) is 1. The van der Waals surface area contributed by atoms with Gasteiger partial charge in [-0.25, -0.2) is 0 Å². The molecule has 0 saturated heterocycles. The third-order valence-electron chi connectivity index (χ3n) is 3.68. The molecule has 3 aromatic rings. The maximum atomic E-state index is 11.9. The zero-order valence-electron chi connectivity index (χ0n) is 13.5. The first kappa shape index (κ1) is 15.9. The smallest absolute Gasteiger partial charge is 0.227 e. The van der Waals surface area contributed by atoms with Gasteiger partial charge in [0.2, 0.25) is 17.6 Å². The summed E-state index contributed by atoms with van der Waals surface area (Å²) in [5, 5.41) is 6.85. The normalized spacial score (nSPS) is 10.5. The van der Waals surface area contributed by atoms with E-state index in [1.807, 2.05) is 61.5 Å². The average Bonchev–Trinajstić information content (AvgIpc) is 3.09. The Morgan fingerprint density at radius 1 is 1.08 bits per heavy atom. The van der Waals surface area contributed by atoms with Crippen LogP contribution in [-0.2, 0) is 17.8 Å². The number of aryl methyl sites for hydroxylation is 2. The van der Waals surface area contributed by atoms with Gasteiger partial charge in [0.15, 0.2) is 0 Å². The summed E-state index contributed by atoms with van der Waals surface area (Å²) in [4.78, 5) is 16.3. The molecule has 1 heterocycles. The number of nitrogens with zero attached hydrogens (tertiary/aromatic N) is 2. The summed E-state index contributed by atoms with van der Waals surface area (Å²) in [5.41, 5.74) is 3.19. The van der Waals surface area contributed by atoms with Crippen LogP contribution in [-0.4, -0.2) is 16.0 Å². The SMILES string of the molecule is Cc1ccc(CNC(=O)CCc2nc(-c3ccccc3)no2)cc1. The van der Waals surface area contributed by atoms with Crippen molar-refractivity contribution in [1.29, 1.82) is 0 Å². The molecule has 1 amide bonds. The van der Waals surface area contributed by atoms with Gasteiger partial charge in [0.05, 0.1) is 0 Å². The van der Waals surface area contributed by atoms with E-state index in [0.717, 1.165) is 11.1 Å². The van der Waals surface area contributed by atoms with Crippen molar-refractivity contribution in [1.82, 2.24) is 15.5 Å². The summed E-state index contributed by atoms with van der Waals surface area (Å²) in [5.74, 6) is 0.986. The Bertz CT molecular complexity index is 795. The van der Waals surface area contributed by atoms with Crippen LogP contribution in [0.15, 0.2) is 59.1 Å². The van der Waals surface area contributed by atoms with E-state index in [-0.39, 0.29) is 5.91 Å². The van der Waals surface area contributed by atoms with Gasteiger partial charge in [0, 0.05) is 24.9 Å². The molecule has 1 N–H and O–H groups in total. The molecule has 1 aromatic heterocycles. The molecule has 0 bridgehead atoms. The first-order valence-electron chi connectivity index (χ1n) is 7.91. The van der Waals surface area contributed by atoms with Crippen LogP contribution in [0.4, 0.5) is 0 Å². The molecule has 122 valence electrons. The van der Waals surface area contributed by atoms with Crippen molar-refractivity contribution in [2.45, 2.75) is 26.3 Å². The fourth-order valence-electron chi connectivity index (χ4n) is 2.28. The zero-order chi connectivity index (χ0) is 16.8. The van der Waals surface area contributed by atoms with Gasteiger partial charge in [0.1, 0.15) is 0 Å². The molecule has 0 fully saturated rings. The Kier molecular flexibility index (Phi) is 5.01. The number of hydrogen-bond acceptors (Lipinski definition) is 4. The lowest BCUT2D eigenvalue weighted by atomic mass is 10.1. The molecule has 0 radical (unpaired) electrons. The molecule has 24 heavy (non-hydrogen) atoms. The van der Waals surface area contributed by atoms with E-state index in [2.05, 4.69) is 15.5 Å². The molecule has 0 aliphatic rings. The van der Waals surface area contributed by atoms with E-state index >= 15 is 0 Å². The summed E-state index contributed by atoms with van der Waals surface area (Å²) in [7, 11) is 0. The molecule has 0 unspecified atom stereocenters. The number of amides is 1. The molecule has 2 aromatic carbocycles. The third-order valence-corrected chi connectivity index (χ3v) is 3.68. The molecule has 3 rings (SSSR count). The van der Waals surface area contributed by atoms with E-state index < -0.39 is 0 Å². The highest BCUT2D eigenvalue weighted by Crippen LogP contribution is 2.15. The van der Waals surface area contributed by atoms with Crippen LogP contribution in [0, 0.1) is 6.92 Å². The number of nitrogens with one attached hydrogen (secondary N) is 1. The second-order valence-electron chi connectivity index (χ2n) is 5.64. The van der Waals surface area contributed by atoms with Gasteiger partial charge in [-0.15, -0.1) is 0 Å². The number of carbonyl (C=O) groups is 1. The maximum absolute atomic E-state index is 11.9. The number of rotatable bonds is 6. The lowest BCUT2D eigenvalue weighted by Gasteiger charge is -2.04.